The van der Waals surface area contributed by atoms with Crippen molar-refractivity contribution in [3.63, 3.8) is 0 Å². The first-order chi connectivity index (χ1) is 10.2. The Bertz CT molecular complexity index is 532. The van der Waals surface area contributed by atoms with Gasteiger partial charge in [0.2, 0.25) is 5.95 Å². The largest absolute Gasteiger partial charge is 0.498 e. The van der Waals surface area contributed by atoms with Crippen LogP contribution in [-0.4, -0.2) is 55.0 Å². The third kappa shape index (κ3) is 3.22. The van der Waals surface area contributed by atoms with Crippen LogP contribution in [0.4, 0.5) is 5.95 Å². The van der Waals surface area contributed by atoms with Crippen LogP contribution in [0.25, 0.3) is 0 Å². The van der Waals surface area contributed by atoms with Gasteiger partial charge in [-0.3, -0.25) is 4.79 Å². The molecule has 8 heteroatoms. The zero-order chi connectivity index (χ0) is 16.5. The normalized spacial score (nSPS) is 19.1. The highest BCUT2D eigenvalue weighted by molar-refractivity contribution is 6.61. The fourth-order valence-corrected chi connectivity index (χ4v) is 1.96. The van der Waals surface area contributed by atoms with Crippen LogP contribution in [0, 0.1) is 0 Å². The van der Waals surface area contributed by atoms with Crippen molar-refractivity contribution in [3.8, 4) is 0 Å². The van der Waals surface area contributed by atoms with Gasteiger partial charge in [-0.1, -0.05) is 0 Å². The van der Waals surface area contributed by atoms with Gasteiger partial charge >= 0.3 is 13.1 Å². The van der Waals surface area contributed by atoms with Gasteiger partial charge in [0.15, 0.2) is 0 Å². The van der Waals surface area contributed by atoms with Crippen LogP contribution in [0.5, 0.6) is 0 Å². The van der Waals surface area contributed by atoms with Gasteiger partial charge in [-0.05, 0) is 27.7 Å². The van der Waals surface area contributed by atoms with Crippen molar-refractivity contribution >= 4 is 24.5 Å². The van der Waals surface area contributed by atoms with Crippen molar-refractivity contribution in [2.75, 3.05) is 25.6 Å². The van der Waals surface area contributed by atoms with Crippen LogP contribution in [0.15, 0.2) is 12.4 Å². The molecular formula is C14H22BN3O4. The summed E-state index contributed by atoms with van der Waals surface area (Å²) < 4.78 is 16.5. The summed E-state index contributed by atoms with van der Waals surface area (Å²) >= 11 is 0. The highest BCUT2D eigenvalue weighted by Gasteiger charge is 2.51. The SMILES string of the molecule is COC(=O)CN(C)c1ncc(B2OC(C)(C)C(C)(C)O2)cn1. The Kier molecular flexibility index (Phi) is 4.44. The van der Waals surface area contributed by atoms with Gasteiger partial charge in [0.25, 0.3) is 0 Å². The number of aromatic nitrogens is 2. The minimum Gasteiger partial charge on any atom is -0.468 e. The summed E-state index contributed by atoms with van der Waals surface area (Å²) in [6, 6.07) is 0. The van der Waals surface area contributed by atoms with Crippen molar-refractivity contribution in [1.29, 1.82) is 0 Å². The zero-order valence-electron chi connectivity index (χ0n) is 13.9. The Labute approximate surface area is 131 Å². The lowest BCUT2D eigenvalue weighted by Gasteiger charge is -2.32. The van der Waals surface area contributed by atoms with E-state index < -0.39 is 18.3 Å². The van der Waals surface area contributed by atoms with E-state index in [1.165, 1.54) is 7.11 Å². The maximum atomic E-state index is 11.3. The van der Waals surface area contributed by atoms with E-state index >= 15 is 0 Å². The van der Waals surface area contributed by atoms with Gasteiger partial charge in [-0.25, -0.2) is 9.97 Å². The number of hydrogen-bond donors (Lipinski definition) is 0. The summed E-state index contributed by atoms with van der Waals surface area (Å²) in [7, 11) is 2.57. The van der Waals surface area contributed by atoms with E-state index in [0.717, 1.165) is 5.46 Å². The predicted octanol–water partition coefficient (Wildman–Crippen LogP) is 0.385. The van der Waals surface area contributed by atoms with Gasteiger partial charge in [0.05, 0.1) is 18.3 Å². The van der Waals surface area contributed by atoms with E-state index in [9.17, 15) is 4.79 Å². The first kappa shape index (κ1) is 16.7. The molecule has 0 unspecified atom stereocenters. The van der Waals surface area contributed by atoms with Gasteiger partial charge in [0.1, 0.15) is 6.54 Å². The highest BCUT2D eigenvalue weighted by Crippen LogP contribution is 2.36. The average Bonchev–Trinajstić information content (AvgIpc) is 2.67. The summed E-state index contributed by atoms with van der Waals surface area (Å²) in [5, 5.41) is 0. The molecule has 0 atom stereocenters. The van der Waals surface area contributed by atoms with Gasteiger partial charge in [-0.2, -0.15) is 0 Å². The fraction of sp³-hybridized carbons (Fsp3) is 0.643. The number of likely N-dealkylation sites (N-methyl/N-ethyl adjacent to an activating group) is 1. The number of hydrogen-bond acceptors (Lipinski definition) is 7. The smallest absolute Gasteiger partial charge is 0.468 e. The molecule has 0 aromatic carbocycles. The Morgan fingerprint density at radius 2 is 1.73 bits per heavy atom. The third-order valence-electron chi connectivity index (χ3n) is 4.12. The maximum Gasteiger partial charge on any atom is 0.498 e. The second kappa shape index (κ2) is 5.85. The number of rotatable bonds is 4. The molecule has 22 heavy (non-hydrogen) atoms. The third-order valence-corrected chi connectivity index (χ3v) is 4.12. The highest BCUT2D eigenvalue weighted by atomic mass is 16.7. The van der Waals surface area contributed by atoms with Gasteiger partial charge in [0, 0.05) is 24.9 Å². The molecule has 1 aliphatic rings. The van der Waals surface area contributed by atoms with Crippen LogP contribution in [0.3, 0.4) is 0 Å². The zero-order valence-corrected chi connectivity index (χ0v) is 13.9. The molecule has 0 radical (unpaired) electrons. The van der Waals surface area contributed by atoms with E-state index in [0.29, 0.717) is 5.95 Å². The van der Waals surface area contributed by atoms with Crippen molar-refractivity contribution in [3.05, 3.63) is 12.4 Å². The molecule has 2 heterocycles. The molecular weight excluding hydrogens is 285 g/mol. The number of carbonyl (C=O) groups is 1. The molecule has 1 fully saturated rings. The monoisotopic (exact) mass is 307 g/mol. The number of anilines is 1. The summed E-state index contributed by atoms with van der Waals surface area (Å²) in [5.74, 6) is 0.0896. The van der Waals surface area contributed by atoms with Crippen molar-refractivity contribution in [1.82, 2.24) is 9.97 Å². The van der Waals surface area contributed by atoms with Crippen LogP contribution in [0.2, 0.25) is 0 Å². The Morgan fingerprint density at radius 1 is 1.23 bits per heavy atom. The summed E-state index contributed by atoms with van der Waals surface area (Å²) in [6.07, 6.45) is 3.30. The molecule has 0 spiro atoms. The maximum absolute atomic E-state index is 11.3. The topological polar surface area (TPSA) is 73.8 Å². The van der Waals surface area contributed by atoms with E-state index in [1.807, 2.05) is 27.7 Å². The van der Waals surface area contributed by atoms with E-state index in [2.05, 4.69) is 14.7 Å². The van der Waals surface area contributed by atoms with Gasteiger partial charge < -0.3 is 18.9 Å². The van der Waals surface area contributed by atoms with Gasteiger partial charge in [-0.15, -0.1) is 0 Å². The minimum atomic E-state index is -0.495. The van der Waals surface area contributed by atoms with Crippen LogP contribution >= 0.6 is 0 Å². The number of esters is 1. The molecule has 0 saturated carbocycles. The Morgan fingerprint density at radius 3 is 2.18 bits per heavy atom. The summed E-state index contributed by atoms with van der Waals surface area (Å²) in [6.45, 7) is 8.06. The lowest BCUT2D eigenvalue weighted by molar-refractivity contribution is -0.138. The molecule has 0 amide bonds. The molecule has 1 aromatic rings. The van der Waals surface area contributed by atoms with Crippen LogP contribution in [0.1, 0.15) is 27.7 Å². The fourth-order valence-electron chi connectivity index (χ4n) is 1.96. The number of carbonyl (C=O) groups excluding carboxylic acids is 1. The van der Waals surface area contributed by atoms with Crippen LogP contribution in [-0.2, 0) is 18.8 Å². The molecule has 0 aliphatic carbocycles. The van der Waals surface area contributed by atoms with E-state index in [-0.39, 0.29) is 12.5 Å². The first-order valence-electron chi connectivity index (χ1n) is 7.12. The molecule has 1 aliphatic heterocycles. The first-order valence-corrected chi connectivity index (χ1v) is 7.12. The summed E-state index contributed by atoms with van der Waals surface area (Å²) in [5.41, 5.74) is -0.0652. The quantitative estimate of drug-likeness (QED) is 0.588. The predicted molar refractivity (Wildman–Crippen MR) is 83.0 cm³/mol. The molecule has 0 N–H and O–H groups in total. The van der Waals surface area contributed by atoms with Crippen molar-refractivity contribution in [2.45, 2.75) is 38.9 Å². The average molecular weight is 307 g/mol. The number of ether oxygens (including phenoxy) is 1. The second-order valence-electron chi connectivity index (χ2n) is 6.34. The lowest BCUT2D eigenvalue weighted by Crippen LogP contribution is -2.41. The Balaban J connectivity index is 2.09. The minimum absolute atomic E-state index is 0.0896. The van der Waals surface area contributed by atoms with Crippen molar-refractivity contribution < 1.29 is 18.8 Å². The van der Waals surface area contributed by atoms with Crippen LogP contribution < -0.4 is 10.4 Å². The summed E-state index contributed by atoms with van der Waals surface area (Å²) in [4.78, 5) is 21.4. The second-order valence-corrected chi connectivity index (χ2v) is 6.34. The van der Waals surface area contributed by atoms with Crippen molar-refractivity contribution in [2.24, 2.45) is 0 Å². The van der Waals surface area contributed by atoms with E-state index in [4.69, 9.17) is 9.31 Å². The molecule has 1 saturated heterocycles. The Hall–Kier alpha value is -1.67. The molecule has 120 valence electrons. The molecule has 2 rings (SSSR count). The lowest BCUT2D eigenvalue weighted by atomic mass is 9.81. The number of methoxy groups -OCH3 is 1. The van der Waals surface area contributed by atoms with E-state index in [1.54, 1.807) is 24.3 Å². The molecule has 1 aromatic heterocycles. The molecule has 7 nitrogen and oxygen atoms in total. The number of nitrogens with zero attached hydrogens (tertiary/aromatic N) is 3. The molecule has 0 bridgehead atoms. The standard InChI is InChI=1S/C14H22BN3O4/c1-13(2)14(3,4)22-15(21-13)10-7-16-12(17-8-10)18(5)9-11(19)20-6/h7-8H,9H2,1-6H3.